The third-order valence-corrected chi connectivity index (χ3v) is 8.95. The summed E-state index contributed by atoms with van der Waals surface area (Å²) in [4.78, 5) is 23.7. The second-order valence-corrected chi connectivity index (χ2v) is 10.6. The number of pyridine rings is 1. The maximum Gasteiger partial charge on any atom is 0.322 e. The molecule has 35 heavy (non-hydrogen) atoms. The average molecular weight is 490 g/mol. The topological polar surface area (TPSA) is 143 Å². The summed E-state index contributed by atoms with van der Waals surface area (Å²) in [5.41, 5.74) is 15.1. The van der Waals surface area contributed by atoms with Gasteiger partial charge in [0.2, 0.25) is 11.9 Å². The van der Waals surface area contributed by atoms with E-state index >= 15 is 0 Å². The number of thiophene rings is 1. The summed E-state index contributed by atoms with van der Waals surface area (Å²) in [7, 11) is 1.56. The van der Waals surface area contributed by atoms with Crippen molar-refractivity contribution in [2.75, 3.05) is 48.0 Å². The summed E-state index contributed by atoms with van der Waals surface area (Å²) in [6, 6.07) is 6.39. The number of aromatic nitrogens is 4. The van der Waals surface area contributed by atoms with E-state index in [4.69, 9.17) is 21.2 Å². The fourth-order valence-electron chi connectivity index (χ4n) is 6.02. The van der Waals surface area contributed by atoms with Crippen molar-refractivity contribution in [2.24, 2.45) is 5.92 Å². The van der Waals surface area contributed by atoms with Crippen molar-refractivity contribution in [3.05, 3.63) is 39.9 Å². The van der Waals surface area contributed by atoms with Crippen LogP contribution < -0.4 is 26.0 Å². The van der Waals surface area contributed by atoms with E-state index in [1.54, 1.807) is 24.6 Å². The minimum Gasteiger partial charge on any atom is -0.467 e. The van der Waals surface area contributed by atoms with Gasteiger partial charge in [-0.15, -0.1) is 11.3 Å². The van der Waals surface area contributed by atoms with E-state index in [0.717, 1.165) is 18.7 Å². The summed E-state index contributed by atoms with van der Waals surface area (Å²) in [5.74, 6) is 2.72. The van der Waals surface area contributed by atoms with Gasteiger partial charge in [0.1, 0.15) is 16.9 Å². The van der Waals surface area contributed by atoms with E-state index in [-0.39, 0.29) is 17.5 Å². The summed E-state index contributed by atoms with van der Waals surface area (Å²) < 4.78 is 5.45. The van der Waals surface area contributed by atoms with Gasteiger partial charge < -0.3 is 26.0 Å². The molecule has 2 aliphatic carbocycles. The fourth-order valence-corrected chi connectivity index (χ4v) is 7.33. The SMILES string of the molecule is CCN(c1nc(OC)nc(N2CC3(C2)c2c(sc(N)c2C#N)C2CC23)n1)C(C)c1cccnc1N. The zero-order valence-corrected chi connectivity index (χ0v) is 20.7. The highest BCUT2D eigenvalue weighted by Crippen LogP contribution is 2.71. The zero-order chi connectivity index (χ0) is 24.5. The Morgan fingerprint density at radius 1 is 1.34 bits per heavy atom. The van der Waals surface area contributed by atoms with Crippen molar-refractivity contribution in [1.29, 1.82) is 5.26 Å². The average Bonchev–Trinajstić information content (AvgIpc) is 3.48. The largest absolute Gasteiger partial charge is 0.467 e. The Labute approximate surface area is 207 Å². The van der Waals surface area contributed by atoms with Gasteiger partial charge in [0.15, 0.2) is 0 Å². The number of ether oxygens (including phenoxy) is 1. The number of hydrogen-bond acceptors (Lipinski definition) is 11. The molecular weight excluding hydrogens is 462 g/mol. The first-order valence-corrected chi connectivity index (χ1v) is 12.6. The van der Waals surface area contributed by atoms with E-state index in [1.165, 1.54) is 16.9 Å². The van der Waals surface area contributed by atoms with Crippen molar-refractivity contribution in [3.8, 4) is 12.1 Å². The lowest BCUT2D eigenvalue weighted by Gasteiger charge is -2.50. The van der Waals surface area contributed by atoms with Gasteiger partial charge in [-0.2, -0.15) is 20.2 Å². The number of nitriles is 1. The molecule has 2 fully saturated rings. The Balaban J connectivity index is 1.32. The predicted octanol–water partition coefficient (Wildman–Crippen LogP) is 2.84. The lowest BCUT2D eigenvalue weighted by Crippen LogP contribution is -2.61. The quantitative estimate of drug-likeness (QED) is 0.530. The molecule has 0 radical (unpaired) electrons. The molecule has 4 N–H and O–H groups in total. The van der Waals surface area contributed by atoms with Crippen LogP contribution in [0.2, 0.25) is 0 Å². The molecule has 0 amide bonds. The summed E-state index contributed by atoms with van der Waals surface area (Å²) >= 11 is 1.60. The highest BCUT2D eigenvalue weighted by molar-refractivity contribution is 7.16. The Hall–Kier alpha value is -3.65. The molecule has 1 spiro atoms. The van der Waals surface area contributed by atoms with E-state index < -0.39 is 0 Å². The number of fused-ring (bicyclic) bond motifs is 5. The maximum absolute atomic E-state index is 9.76. The predicted molar refractivity (Wildman–Crippen MR) is 135 cm³/mol. The number of methoxy groups -OCH3 is 1. The fraction of sp³-hybridized carbons (Fsp3) is 0.458. The summed E-state index contributed by atoms with van der Waals surface area (Å²) in [6.07, 6.45) is 2.86. The number of nitrogens with zero attached hydrogens (tertiary/aromatic N) is 7. The molecule has 1 aliphatic heterocycles. The molecule has 0 bridgehead atoms. The van der Waals surface area contributed by atoms with Crippen LogP contribution in [0.1, 0.15) is 53.8 Å². The van der Waals surface area contributed by atoms with Crippen LogP contribution in [0.3, 0.4) is 0 Å². The molecule has 4 heterocycles. The number of nitrogens with two attached hydrogens (primary N) is 2. The number of rotatable bonds is 6. The third kappa shape index (κ3) is 3.06. The molecule has 3 aromatic rings. The highest BCUT2D eigenvalue weighted by Gasteiger charge is 2.67. The van der Waals surface area contributed by atoms with Gasteiger partial charge in [-0.05, 0) is 43.7 Å². The van der Waals surface area contributed by atoms with Crippen LogP contribution in [-0.4, -0.2) is 46.7 Å². The lowest BCUT2D eigenvalue weighted by molar-refractivity contribution is 0.290. The van der Waals surface area contributed by atoms with Crippen LogP contribution in [-0.2, 0) is 5.41 Å². The second-order valence-electron chi connectivity index (χ2n) is 9.52. The Morgan fingerprint density at radius 3 is 2.83 bits per heavy atom. The molecule has 1 saturated carbocycles. The van der Waals surface area contributed by atoms with Gasteiger partial charge in [-0.1, -0.05) is 6.07 Å². The third-order valence-electron chi connectivity index (χ3n) is 7.80. The van der Waals surface area contributed by atoms with Gasteiger partial charge in [0, 0.05) is 41.7 Å². The van der Waals surface area contributed by atoms with Gasteiger partial charge in [-0.25, -0.2) is 4.98 Å². The minimum atomic E-state index is -0.0898. The molecule has 3 aliphatic rings. The van der Waals surface area contributed by atoms with Crippen LogP contribution in [0, 0.1) is 17.2 Å². The van der Waals surface area contributed by atoms with Crippen LogP contribution in [0.5, 0.6) is 6.01 Å². The molecule has 10 nitrogen and oxygen atoms in total. The Bertz CT molecular complexity index is 1360. The molecule has 3 aromatic heterocycles. The molecule has 0 aromatic carbocycles. The van der Waals surface area contributed by atoms with Crippen LogP contribution in [0.4, 0.5) is 22.7 Å². The lowest BCUT2D eigenvalue weighted by atomic mass is 9.71. The first-order chi connectivity index (χ1) is 16.9. The molecular formula is C24H27N9OS. The van der Waals surface area contributed by atoms with Crippen LogP contribution in [0.25, 0.3) is 0 Å². The first kappa shape index (κ1) is 21.9. The van der Waals surface area contributed by atoms with Crippen molar-refractivity contribution >= 4 is 34.1 Å². The van der Waals surface area contributed by atoms with Gasteiger partial charge in [0.05, 0.1) is 18.7 Å². The number of anilines is 4. The molecule has 1 saturated heterocycles. The number of nitrogen functional groups attached to an aromatic ring is 2. The van der Waals surface area contributed by atoms with E-state index in [0.29, 0.717) is 46.7 Å². The maximum atomic E-state index is 9.76. The zero-order valence-electron chi connectivity index (χ0n) is 19.9. The van der Waals surface area contributed by atoms with Gasteiger partial charge in [0.25, 0.3) is 0 Å². The molecule has 11 heteroatoms. The monoisotopic (exact) mass is 489 g/mol. The smallest absolute Gasteiger partial charge is 0.322 e. The number of hydrogen-bond donors (Lipinski definition) is 2. The Kier molecular flexibility index (Phi) is 4.79. The van der Waals surface area contributed by atoms with Gasteiger partial charge >= 0.3 is 6.01 Å². The van der Waals surface area contributed by atoms with Crippen molar-refractivity contribution in [2.45, 2.75) is 37.6 Å². The van der Waals surface area contributed by atoms with Crippen LogP contribution >= 0.6 is 11.3 Å². The van der Waals surface area contributed by atoms with E-state index in [9.17, 15) is 5.26 Å². The molecule has 6 rings (SSSR count). The van der Waals surface area contributed by atoms with E-state index in [2.05, 4.69) is 44.7 Å². The second kappa shape index (κ2) is 7.68. The van der Waals surface area contributed by atoms with Crippen molar-refractivity contribution < 1.29 is 4.74 Å². The summed E-state index contributed by atoms with van der Waals surface area (Å²) in [6.45, 7) is 6.29. The highest BCUT2D eigenvalue weighted by atomic mass is 32.1. The molecule has 180 valence electrons. The van der Waals surface area contributed by atoms with E-state index in [1.807, 2.05) is 12.1 Å². The standard InChI is InChI=1S/C24H27N9OS/c1-4-33(12(2)13-6-5-7-28-19(13)26)22-29-21(30-23(31-22)34-3)32-10-24(11-32)16-8-14(16)18-17(24)15(9-25)20(27)35-18/h5-7,12,14,16H,4,8,10-11,27H2,1-3H3,(H2,26,28). The normalized spacial score (nSPS) is 21.6. The van der Waals surface area contributed by atoms with Crippen LogP contribution in [0.15, 0.2) is 18.3 Å². The first-order valence-electron chi connectivity index (χ1n) is 11.8. The molecule has 3 unspecified atom stereocenters. The van der Waals surface area contributed by atoms with Gasteiger partial charge in [-0.3, -0.25) is 0 Å². The van der Waals surface area contributed by atoms with Crippen molar-refractivity contribution in [3.63, 3.8) is 0 Å². The summed E-state index contributed by atoms with van der Waals surface area (Å²) in [5, 5.41) is 10.4. The molecule has 3 atom stereocenters. The minimum absolute atomic E-state index is 0.0406. The van der Waals surface area contributed by atoms with Crippen molar-refractivity contribution in [1.82, 2.24) is 19.9 Å². The Morgan fingerprint density at radius 2 is 2.14 bits per heavy atom.